The molecule has 6 heteroatoms. The molecule has 0 aliphatic rings. The summed E-state index contributed by atoms with van der Waals surface area (Å²) in [5.41, 5.74) is 1.06. The number of para-hydroxylation sites is 1. The summed E-state index contributed by atoms with van der Waals surface area (Å²) in [6.07, 6.45) is 3.12. The van der Waals surface area contributed by atoms with E-state index in [-0.39, 0.29) is 11.9 Å². The Labute approximate surface area is 114 Å². The summed E-state index contributed by atoms with van der Waals surface area (Å²) in [4.78, 5) is 28.7. The van der Waals surface area contributed by atoms with Gasteiger partial charge >= 0.3 is 0 Å². The normalized spacial score (nSPS) is 10.4. The van der Waals surface area contributed by atoms with Gasteiger partial charge in [0.05, 0.1) is 5.52 Å². The molecular weight excluding hydrogens is 254 g/mol. The number of rotatable bonds is 2. The molecule has 0 unspecified atom stereocenters. The Kier molecular flexibility index (Phi) is 3.04. The number of carbonyl (C=O) groups is 1. The number of fused-ring (bicyclic) bond motifs is 1. The highest BCUT2D eigenvalue weighted by atomic mass is 16.2. The standard InChI is InChI=1S/C14H11N5O/c1-9-17-11-6-3-2-5-10(11)12(18-9)13(20)19-14-15-7-4-8-16-14/h2-8H,1H3,(H,15,16,19,20). The average Bonchev–Trinajstić information content (AvgIpc) is 2.47. The second-order valence-electron chi connectivity index (χ2n) is 4.16. The van der Waals surface area contributed by atoms with Crippen molar-refractivity contribution in [2.24, 2.45) is 0 Å². The van der Waals surface area contributed by atoms with Crippen LogP contribution in [0.15, 0.2) is 42.7 Å². The summed E-state index contributed by atoms with van der Waals surface area (Å²) < 4.78 is 0. The van der Waals surface area contributed by atoms with Gasteiger partial charge in [0.1, 0.15) is 11.5 Å². The molecule has 0 spiro atoms. The number of nitrogens with one attached hydrogen (secondary N) is 1. The molecule has 1 amide bonds. The first kappa shape index (κ1) is 12.2. The molecule has 0 fully saturated rings. The van der Waals surface area contributed by atoms with Crippen molar-refractivity contribution in [1.29, 1.82) is 0 Å². The topological polar surface area (TPSA) is 80.7 Å². The molecule has 6 nitrogen and oxygen atoms in total. The van der Waals surface area contributed by atoms with Gasteiger partial charge in [-0.1, -0.05) is 18.2 Å². The van der Waals surface area contributed by atoms with Crippen LogP contribution in [0, 0.1) is 6.92 Å². The summed E-state index contributed by atoms with van der Waals surface area (Å²) in [5, 5.41) is 3.33. The van der Waals surface area contributed by atoms with Gasteiger partial charge in [-0.15, -0.1) is 0 Å². The second kappa shape index (κ2) is 5.00. The summed E-state index contributed by atoms with van der Waals surface area (Å²) in [7, 11) is 0. The van der Waals surface area contributed by atoms with Crippen molar-refractivity contribution >= 4 is 22.8 Å². The van der Waals surface area contributed by atoms with Crippen molar-refractivity contribution in [2.75, 3.05) is 5.32 Å². The molecule has 2 heterocycles. The first-order valence-electron chi connectivity index (χ1n) is 6.06. The minimum Gasteiger partial charge on any atom is -0.289 e. The zero-order valence-corrected chi connectivity index (χ0v) is 10.7. The van der Waals surface area contributed by atoms with Gasteiger partial charge in [-0.3, -0.25) is 10.1 Å². The third-order valence-corrected chi connectivity index (χ3v) is 2.72. The Morgan fingerprint density at radius 1 is 1.05 bits per heavy atom. The Bertz CT molecular complexity index is 773. The van der Waals surface area contributed by atoms with Crippen LogP contribution in [0.4, 0.5) is 5.95 Å². The van der Waals surface area contributed by atoms with Gasteiger partial charge in [0.2, 0.25) is 5.95 Å². The van der Waals surface area contributed by atoms with E-state index in [0.29, 0.717) is 16.9 Å². The Morgan fingerprint density at radius 3 is 2.60 bits per heavy atom. The van der Waals surface area contributed by atoms with Crippen LogP contribution in [0.2, 0.25) is 0 Å². The Morgan fingerprint density at radius 2 is 1.80 bits per heavy atom. The molecule has 3 rings (SSSR count). The third kappa shape index (κ3) is 2.31. The van der Waals surface area contributed by atoms with Crippen LogP contribution in [0.3, 0.4) is 0 Å². The number of anilines is 1. The number of hydrogen-bond acceptors (Lipinski definition) is 5. The number of amides is 1. The van der Waals surface area contributed by atoms with E-state index in [0.717, 1.165) is 5.52 Å². The quantitative estimate of drug-likeness (QED) is 0.766. The lowest BCUT2D eigenvalue weighted by atomic mass is 10.2. The van der Waals surface area contributed by atoms with Crippen molar-refractivity contribution in [3.63, 3.8) is 0 Å². The van der Waals surface area contributed by atoms with Crippen LogP contribution in [0.25, 0.3) is 10.9 Å². The van der Waals surface area contributed by atoms with Crippen LogP contribution in [0.1, 0.15) is 16.3 Å². The van der Waals surface area contributed by atoms with Crippen molar-refractivity contribution in [3.8, 4) is 0 Å². The monoisotopic (exact) mass is 265 g/mol. The molecule has 98 valence electrons. The number of hydrogen-bond donors (Lipinski definition) is 1. The fraction of sp³-hybridized carbons (Fsp3) is 0.0714. The van der Waals surface area contributed by atoms with Gasteiger partial charge in [-0.25, -0.2) is 19.9 Å². The van der Waals surface area contributed by atoms with Crippen LogP contribution >= 0.6 is 0 Å². The number of aryl methyl sites for hydroxylation is 1. The first-order chi connectivity index (χ1) is 9.74. The molecule has 0 aliphatic carbocycles. The predicted octanol–water partition coefficient (Wildman–Crippen LogP) is 1.98. The lowest BCUT2D eigenvalue weighted by Gasteiger charge is -2.06. The summed E-state index contributed by atoms with van der Waals surface area (Å²) in [6.45, 7) is 1.75. The highest BCUT2D eigenvalue weighted by Crippen LogP contribution is 2.16. The first-order valence-corrected chi connectivity index (χ1v) is 6.06. The van der Waals surface area contributed by atoms with Gasteiger partial charge in [-0.2, -0.15) is 0 Å². The molecule has 0 aliphatic heterocycles. The molecule has 20 heavy (non-hydrogen) atoms. The van der Waals surface area contributed by atoms with Crippen molar-refractivity contribution in [1.82, 2.24) is 19.9 Å². The molecule has 3 aromatic rings. The smallest absolute Gasteiger partial charge is 0.277 e. The predicted molar refractivity (Wildman–Crippen MR) is 74.3 cm³/mol. The molecule has 1 aromatic carbocycles. The molecule has 0 saturated carbocycles. The molecular formula is C14H11N5O. The van der Waals surface area contributed by atoms with E-state index in [1.54, 1.807) is 25.4 Å². The summed E-state index contributed by atoms with van der Waals surface area (Å²) >= 11 is 0. The van der Waals surface area contributed by atoms with E-state index in [1.807, 2.05) is 24.3 Å². The van der Waals surface area contributed by atoms with Gasteiger partial charge in [0, 0.05) is 17.8 Å². The van der Waals surface area contributed by atoms with E-state index in [2.05, 4.69) is 25.3 Å². The number of nitrogens with zero attached hydrogens (tertiary/aromatic N) is 4. The molecule has 0 bridgehead atoms. The van der Waals surface area contributed by atoms with E-state index in [9.17, 15) is 4.79 Å². The molecule has 0 radical (unpaired) electrons. The van der Waals surface area contributed by atoms with Gasteiger partial charge in [0.25, 0.3) is 5.91 Å². The minimum absolute atomic E-state index is 0.248. The fourth-order valence-electron chi connectivity index (χ4n) is 1.89. The zero-order chi connectivity index (χ0) is 13.9. The molecule has 0 saturated heterocycles. The largest absolute Gasteiger partial charge is 0.289 e. The van der Waals surface area contributed by atoms with E-state index >= 15 is 0 Å². The third-order valence-electron chi connectivity index (χ3n) is 2.72. The number of carbonyl (C=O) groups excluding carboxylic acids is 1. The highest BCUT2D eigenvalue weighted by Gasteiger charge is 2.14. The maximum Gasteiger partial charge on any atom is 0.277 e. The molecule has 0 atom stereocenters. The summed E-state index contributed by atoms with van der Waals surface area (Å²) in [6, 6.07) is 9.06. The van der Waals surface area contributed by atoms with Crippen LogP contribution in [0.5, 0.6) is 0 Å². The maximum absolute atomic E-state index is 12.3. The Hall–Kier alpha value is -2.89. The van der Waals surface area contributed by atoms with Gasteiger partial charge < -0.3 is 0 Å². The maximum atomic E-state index is 12.3. The van der Waals surface area contributed by atoms with E-state index in [1.165, 1.54) is 0 Å². The van der Waals surface area contributed by atoms with Crippen LogP contribution in [-0.2, 0) is 0 Å². The summed E-state index contributed by atoms with van der Waals surface area (Å²) in [5.74, 6) is 0.443. The number of benzene rings is 1. The molecule has 1 N–H and O–H groups in total. The van der Waals surface area contributed by atoms with Gasteiger partial charge in [0.15, 0.2) is 0 Å². The van der Waals surface area contributed by atoms with Crippen molar-refractivity contribution < 1.29 is 4.79 Å². The highest BCUT2D eigenvalue weighted by molar-refractivity contribution is 6.10. The van der Waals surface area contributed by atoms with Crippen LogP contribution < -0.4 is 5.32 Å². The lowest BCUT2D eigenvalue weighted by molar-refractivity contribution is 0.102. The van der Waals surface area contributed by atoms with Gasteiger partial charge in [-0.05, 0) is 19.1 Å². The zero-order valence-electron chi connectivity index (χ0n) is 10.7. The van der Waals surface area contributed by atoms with Crippen molar-refractivity contribution in [2.45, 2.75) is 6.92 Å². The Balaban J connectivity index is 2.03. The number of aromatic nitrogens is 4. The fourth-order valence-corrected chi connectivity index (χ4v) is 1.89. The SMILES string of the molecule is Cc1nc(C(=O)Nc2ncccn2)c2ccccc2n1. The van der Waals surface area contributed by atoms with Crippen molar-refractivity contribution in [3.05, 3.63) is 54.2 Å². The van der Waals surface area contributed by atoms with Crippen LogP contribution in [-0.4, -0.2) is 25.8 Å². The molecule has 2 aromatic heterocycles. The van der Waals surface area contributed by atoms with E-state index < -0.39 is 0 Å². The minimum atomic E-state index is -0.349. The van der Waals surface area contributed by atoms with E-state index in [4.69, 9.17) is 0 Å². The lowest BCUT2D eigenvalue weighted by Crippen LogP contribution is -2.17. The second-order valence-corrected chi connectivity index (χ2v) is 4.16. The average molecular weight is 265 g/mol.